The average molecular weight is 359 g/mol. The molecule has 0 aromatic heterocycles. The minimum atomic E-state index is 0.175. The fourth-order valence-electron chi connectivity index (χ4n) is 2.14. The molecule has 0 aromatic rings. The van der Waals surface area contributed by atoms with E-state index in [0.29, 0.717) is 51.9 Å². The van der Waals surface area contributed by atoms with Crippen LogP contribution < -0.4 is 11.6 Å². The van der Waals surface area contributed by atoms with Crippen molar-refractivity contribution in [3.05, 3.63) is 11.9 Å². The van der Waals surface area contributed by atoms with Crippen LogP contribution in [0.5, 0.6) is 0 Å². The van der Waals surface area contributed by atoms with Gasteiger partial charge in [0, 0.05) is 31.9 Å². The van der Waals surface area contributed by atoms with Crippen LogP contribution in [0.3, 0.4) is 0 Å². The predicted molar refractivity (Wildman–Crippen MR) is 101 cm³/mol. The summed E-state index contributed by atoms with van der Waals surface area (Å²) in [5, 5.41) is 1.55. The van der Waals surface area contributed by atoms with Gasteiger partial charge in [0.15, 0.2) is 0 Å². The number of carbonyl (C=O) groups is 1. The number of carbonyl (C=O) groups excluding carboxylic acids is 1. The Morgan fingerprint density at radius 1 is 1.12 bits per heavy atom. The Morgan fingerprint density at radius 3 is 2.28 bits per heavy atom. The topological polar surface area (TPSA) is 94.0 Å². The molecule has 1 amide bonds. The van der Waals surface area contributed by atoms with Crippen molar-refractivity contribution in [2.75, 3.05) is 46.6 Å². The summed E-state index contributed by atoms with van der Waals surface area (Å²) >= 11 is 0. The van der Waals surface area contributed by atoms with Gasteiger partial charge in [-0.3, -0.25) is 4.79 Å². The molecule has 0 aromatic carbocycles. The highest BCUT2D eigenvalue weighted by atomic mass is 16.5. The molecule has 0 bridgehead atoms. The Bertz CT molecular complexity index is 375. The fourth-order valence-corrected chi connectivity index (χ4v) is 2.14. The fraction of sp³-hybridized carbons (Fsp3) is 0.833. The zero-order valence-electron chi connectivity index (χ0n) is 16.5. The number of amides is 1. The molecule has 0 aliphatic heterocycles. The predicted octanol–water partition coefficient (Wildman–Crippen LogP) is 1.69. The molecule has 0 rings (SSSR count). The van der Waals surface area contributed by atoms with Gasteiger partial charge in [-0.1, -0.05) is 27.2 Å². The molecule has 0 spiro atoms. The lowest BCUT2D eigenvalue weighted by Crippen LogP contribution is -2.31. The van der Waals surface area contributed by atoms with Gasteiger partial charge in [-0.05, 0) is 18.8 Å². The van der Waals surface area contributed by atoms with Crippen LogP contribution in [0.2, 0.25) is 0 Å². The van der Waals surface area contributed by atoms with Crippen LogP contribution in [0.4, 0.5) is 0 Å². The van der Waals surface area contributed by atoms with Gasteiger partial charge in [-0.15, -0.1) is 0 Å². The monoisotopic (exact) mass is 358 g/mol. The maximum Gasteiger partial charge on any atom is 0.222 e. The number of nitrogens with zero attached hydrogens (tertiary/aromatic N) is 2. The second-order valence-corrected chi connectivity index (χ2v) is 6.68. The first-order chi connectivity index (χ1) is 11.9. The zero-order valence-corrected chi connectivity index (χ0v) is 16.5. The quantitative estimate of drug-likeness (QED) is 0.263. The zero-order chi connectivity index (χ0) is 19.1. The van der Waals surface area contributed by atoms with Gasteiger partial charge in [0.25, 0.3) is 0 Å². The summed E-state index contributed by atoms with van der Waals surface area (Å²) in [5.74, 6) is 6.53. The largest absolute Gasteiger partial charge is 0.401 e. The summed E-state index contributed by atoms with van der Waals surface area (Å²) < 4.78 is 11.0. The SMILES string of the molecule is CCCCC(=O)N(C)CCOCCOCCN(N)/C=C(\N)CC(C)C. The first kappa shape index (κ1) is 23.7. The Balaban J connectivity index is 3.56. The van der Waals surface area contributed by atoms with Crippen molar-refractivity contribution in [2.24, 2.45) is 17.5 Å². The third kappa shape index (κ3) is 14.7. The number of allylic oxidation sites excluding steroid dienone is 1. The lowest BCUT2D eigenvalue weighted by atomic mass is 10.1. The van der Waals surface area contributed by atoms with E-state index in [4.69, 9.17) is 21.1 Å². The van der Waals surface area contributed by atoms with Crippen molar-refractivity contribution in [1.29, 1.82) is 0 Å². The third-order valence-electron chi connectivity index (χ3n) is 3.58. The van der Waals surface area contributed by atoms with Gasteiger partial charge in [0.2, 0.25) is 5.91 Å². The molecular formula is C18H38N4O3. The van der Waals surface area contributed by atoms with Crippen LogP contribution in [-0.2, 0) is 14.3 Å². The van der Waals surface area contributed by atoms with Crippen molar-refractivity contribution < 1.29 is 14.3 Å². The maximum atomic E-state index is 11.7. The molecule has 7 heteroatoms. The number of ether oxygens (including phenoxy) is 2. The lowest BCUT2D eigenvalue weighted by molar-refractivity contribution is -0.130. The molecule has 7 nitrogen and oxygen atoms in total. The number of hydrazine groups is 1. The summed E-state index contributed by atoms with van der Waals surface area (Å²) in [6.07, 6.45) is 5.17. The Kier molecular flexibility index (Phi) is 14.2. The molecule has 0 unspecified atom stereocenters. The minimum Gasteiger partial charge on any atom is -0.401 e. The summed E-state index contributed by atoms with van der Waals surface area (Å²) in [7, 11) is 1.81. The molecule has 4 N–H and O–H groups in total. The molecule has 0 saturated carbocycles. The number of nitrogens with two attached hydrogens (primary N) is 2. The molecule has 0 fully saturated rings. The summed E-state index contributed by atoms with van der Waals surface area (Å²) in [6, 6.07) is 0. The molecule has 0 saturated heterocycles. The van der Waals surface area contributed by atoms with Crippen LogP contribution >= 0.6 is 0 Å². The lowest BCUT2D eigenvalue weighted by Gasteiger charge is -2.17. The molecule has 0 radical (unpaired) electrons. The summed E-state index contributed by atoms with van der Waals surface area (Å²) in [4.78, 5) is 13.4. The van der Waals surface area contributed by atoms with E-state index in [1.165, 1.54) is 0 Å². The van der Waals surface area contributed by atoms with Gasteiger partial charge in [-0.2, -0.15) is 0 Å². The average Bonchev–Trinajstić information content (AvgIpc) is 2.53. The number of hydrogen-bond acceptors (Lipinski definition) is 6. The van der Waals surface area contributed by atoms with Crippen molar-refractivity contribution in [2.45, 2.75) is 46.5 Å². The Labute approximate surface area is 153 Å². The number of hydrogen-bond donors (Lipinski definition) is 2. The second-order valence-electron chi connectivity index (χ2n) is 6.68. The van der Waals surface area contributed by atoms with Gasteiger partial charge < -0.3 is 25.1 Å². The number of likely N-dealkylation sites (N-methyl/N-ethyl adjacent to an activating group) is 1. The van der Waals surface area contributed by atoms with Crippen molar-refractivity contribution >= 4 is 5.91 Å². The van der Waals surface area contributed by atoms with Crippen LogP contribution in [0.15, 0.2) is 11.9 Å². The highest BCUT2D eigenvalue weighted by Gasteiger charge is 2.07. The highest BCUT2D eigenvalue weighted by Crippen LogP contribution is 2.05. The first-order valence-electron chi connectivity index (χ1n) is 9.23. The number of unbranched alkanes of at least 4 members (excludes halogenated alkanes) is 1. The molecule has 0 aliphatic rings. The first-order valence-corrected chi connectivity index (χ1v) is 9.23. The van der Waals surface area contributed by atoms with E-state index in [1.54, 1.807) is 16.1 Å². The molecule has 0 heterocycles. The van der Waals surface area contributed by atoms with E-state index >= 15 is 0 Å². The van der Waals surface area contributed by atoms with Gasteiger partial charge in [-0.25, -0.2) is 5.84 Å². The number of rotatable bonds is 15. The van der Waals surface area contributed by atoms with Crippen LogP contribution in [0.1, 0.15) is 46.5 Å². The van der Waals surface area contributed by atoms with Gasteiger partial charge in [0.05, 0.1) is 33.0 Å². The van der Waals surface area contributed by atoms with E-state index in [1.807, 2.05) is 7.05 Å². The minimum absolute atomic E-state index is 0.175. The van der Waals surface area contributed by atoms with Crippen LogP contribution in [0, 0.1) is 5.92 Å². The van der Waals surface area contributed by atoms with Crippen LogP contribution in [0.25, 0.3) is 0 Å². The van der Waals surface area contributed by atoms with Gasteiger partial charge >= 0.3 is 0 Å². The van der Waals surface area contributed by atoms with Gasteiger partial charge in [0.1, 0.15) is 0 Å². The smallest absolute Gasteiger partial charge is 0.222 e. The second kappa shape index (κ2) is 15.0. The normalized spacial score (nSPS) is 11.8. The van der Waals surface area contributed by atoms with Crippen molar-refractivity contribution in [3.8, 4) is 0 Å². The summed E-state index contributed by atoms with van der Waals surface area (Å²) in [5.41, 5.74) is 6.66. The van der Waals surface area contributed by atoms with E-state index in [-0.39, 0.29) is 5.91 Å². The summed E-state index contributed by atoms with van der Waals surface area (Å²) in [6.45, 7) is 9.55. The Hall–Kier alpha value is -1.31. The highest BCUT2D eigenvalue weighted by molar-refractivity contribution is 5.75. The molecule has 25 heavy (non-hydrogen) atoms. The van der Waals surface area contributed by atoms with Crippen molar-refractivity contribution in [1.82, 2.24) is 9.91 Å². The van der Waals surface area contributed by atoms with E-state index in [9.17, 15) is 4.79 Å². The Morgan fingerprint density at radius 2 is 1.72 bits per heavy atom. The standard InChI is InChI=1S/C18H38N4O3/c1-5-6-7-18(23)21(4)8-10-24-12-13-25-11-9-22(20)15-17(19)14-16(2)3/h15-16H,5-14,19-20H2,1-4H3/b17-15-. The van der Waals surface area contributed by atoms with Crippen LogP contribution in [-0.4, -0.2) is 62.4 Å². The molecule has 148 valence electrons. The third-order valence-corrected chi connectivity index (χ3v) is 3.58. The molecule has 0 atom stereocenters. The van der Waals surface area contributed by atoms with E-state index in [0.717, 1.165) is 25.0 Å². The maximum absolute atomic E-state index is 11.7. The van der Waals surface area contributed by atoms with E-state index < -0.39 is 0 Å². The molecule has 0 aliphatic carbocycles. The van der Waals surface area contributed by atoms with Crippen molar-refractivity contribution in [3.63, 3.8) is 0 Å². The van der Waals surface area contributed by atoms with E-state index in [2.05, 4.69) is 20.8 Å². The molecular weight excluding hydrogens is 320 g/mol.